The van der Waals surface area contributed by atoms with Crippen LogP contribution in [-0.4, -0.2) is 43.7 Å². The summed E-state index contributed by atoms with van der Waals surface area (Å²) in [7, 11) is -2.51. The predicted molar refractivity (Wildman–Crippen MR) is 138 cm³/mol. The van der Waals surface area contributed by atoms with Gasteiger partial charge in [-0.3, -0.25) is 9.59 Å². The number of sulfonamides is 1. The molecular weight excluding hydrogens is 476 g/mol. The fourth-order valence-corrected chi connectivity index (χ4v) is 7.26. The molecule has 7 nitrogen and oxygen atoms in total. The molecule has 2 aliphatic rings. The molecule has 1 saturated carbocycles. The van der Waals surface area contributed by atoms with Crippen LogP contribution in [0.4, 0.5) is 5.69 Å². The Morgan fingerprint density at radius 1 is 0.861 bits per heavy atom. The van der Waals surface area contributed by atoms with Gasteiger partial charge in [0.2, 0.25) is 15.9 Å². The van der Waals surface area contributed by atoms with E-state index in [-0.39, 0.29) is 17.4 Å². The summed E-state index contributed by atoms with van der Waals surface area (Å²) >= 11 is 0. The number of rotatable bonds is 6. The van der Waals surface area contributed by atoms with Gasteiger partial charge in [-0.05, 0) is 60.0 Å². The summed E-state index contributed by atoms with van der Waals surface area (Å²) in [6.45, 7) is 0. The smallest absolute Gasteiger partial charge is 0.252 e. The van der Waals surface area contributed by atoms with Gasteiger partial charge >= 0.3 is 0 Å². The fourth-order valence-electron chi connectivity index (χ4n) is 5.40. The standard InChI is InChI=1S/C28H30N2O5S/c1-35-24-15-13-22(14-16-24)29-27(31)19-26(28(29)32)30(23-10-4-2-3-5-11-23)36(33,34)25-17-12-20-8-6-7-9-21(20)18-25/h6-9,12-18,23,26H,2-5,10-11,19H2,1H3. The number of ether oxygens (including phenoxy) is 1. The molecule has 1 atom stereocenters. The maximum absolute atomic E-state index is 14.2. The van der Waals surface area contributed by atoms with Crippen molar-refractivity contribution in [2.45, 2.75) is 61.9 Å². The molecule has 5 rings (SSSR count). The number of carbonyl (C=O) groups is 2. The molecule has 2 amide bonds. The second kappa shape index (κ2) is 10.0. The second-order valence-electron chi connectivity index (χ2n) is 9.47. The minimum absolute atomic E-state index is 0.147. The summed E-state index contributed by atoms with van der Waals surface area (Å²) in [5.74, 6) is -0.297. The van der Waals surface area contributed by atoms with E-state index in [1.54, 1.807) is 49.6 Å². The van der Waals surface area contributed by atoms with E-state index in [0.717, 1.165) is 41.4 Å². The molecule has 188 valence electrons. The van der Waals surface area contributed by atoms with Crippen molar-refractivity contribution in [3.05, 3.63) is 66.7 Å². The zero-order valence-corrected chi connectivity index (χ0v) is 21.1. The molecule has 1 unspecified atom stereocenters. The van der Waals surface area contributed by atoms with Crippen molar-refractivity contribution >= 4 is 38.3 Å². The highest BCUT2D eigenvalue weighted by Gasteiger charge is 2.49. The number of hydrogen-bond donors (Lipinski definition) is 0. The minimum Gasteiger partial charge on any atom is -0.497 e. The first-order chi connectivity index (χ1) is 17.4. The van der Waals surface area contributed by atoms with E-state index in [9.17, 15) is 18.0 Å². The molecule has 1 saturated heterocycles. The van der Waals surface area contributed by atoms with Crippen LogP contribution < -0.4 is 9.64 Å². The number of imide groups is 1. The highest BCUT2D eigenvalue weighted by Crippen LogP contribution is 2.35. The Bertz CT molecular complexity index is 1380. The lowest BCUT2D eigenvalue weighted by Gasteiger charge is -2.34. The lowest BCUT2D eigenvalue weighted by Crippen LogP contribution is -2.50. The highest BCUT2D eigenvalue weighted by molar-refractivity contribution is 7.89. The van der Waals surface area contributed by atoms with E-state index in [1.807, 2.05) is 24.3 Å². The first-order valence-corrected chi connectivity index (χ1v) is 13.9. The third kappa shape index (κ3) is 4.51. The maximum atomic E-state index is 14.2. The van der Waals surface area contributed by atoms with E-state index in [2.05, 4.69) is 0 Å². The first kappa shape index (κ1) is 24.5. The molecule has 1 aliphatic carbocycles. The first-order valence-electron chi connectivity index (χ1n) is 12.4. The Balaban J connectivity index is 1.55. The Hall–Kier alpha value is -3.23. The number of hydrogen-bond acceptors (Lipinski definition) is 5. The van der Waals surface area contributed by atoms with E-state index in [4.69, 9.17) is 4.74 Å². The van der Waals surface area contributed by atoms with Crippen molar-refractivity contribution in [3.8, 4) is 5.75 Å². The van der Waals surface area contributed by atoms with Crippen molar-refractivity contribution in [3.63, 3.8) is 0 Å². The normalized spacial score (nSPS) is 19.7. The number of amides is 2. The van der Waals surface area contributed by atoms with E-state index < -0.39 is 27.9 Å². The Labute approximate surface area is 211 Å². The summed E-state index contributed by atoms with van der Waals surface area (Å²) in [6, 6.07) is 17.9. The molecule has 36 heavy (non-hydrogen) atoms. The molecule has 0 spiro atoms. The molecule has 0 N–H and O–H groups in total. The van der Waals surface area contributed by atoms with Crippen LogP contribution in [0.25, 0.3) is 10.8 Å². The minimum atomic E-state index is -4.05. The molecule has 0 bridgehead atoms. The van der Waals surface area contributed by atoms with Crippen LogP contribution >= 0.6 is 0 Å². The monoisotopic (exact) mass is 506 g/mol. The van der Waals surface area contributed by atoms with Crippen LogP contribution in [0.5, 0.6) is 5.75 Å². The molecule has 0 aromatic heterocycles. The zero-order valence-electron chi connectivity index (χ0n) is 20.3. The van der Waals surface area contributed by atoms with Crippen LogP contribution in [0.3, 0.4) is 0 Å². The molecule has 3 aromatic carbocycles. The molecule has 3 aromatic rings. The van der Waals surface area contributed by atoms with Crippen molar-refractivity contribution in [1.82, 2.24) is 4.31 Å². The summed E-state index contributed by atoms with van der Waals surface area (Å²) < 4.78 is 34.9. The average Bonchev–Trinajstić information content (AvgIpc) is 3.05. The second-order valence-corrected chi connectivity index (χ2v) is 11.3. The van der Waals surface area contributed by atoms with E-state index in [0.29, 0.717) is 24.3 Å². The molecule has 8 heteroatoms. The average molecular weight is 507 g/mol. The lowest BCUT2D eigenvalue weighted by molar-refractivity contribution is -0.122. The quantitative estimate of drug-likeness (QED) is 0.351. The number of benzene rings is 3. The SMILES string of the molecule is COc1ccc(N2C(=O)CC(N(C3CCCCCC3)S(=O)(=O)c3ccc4ccccc4c3)C2=O)cc1. The largest absolute Gasteiger partial charge is 0.497 e. The number of carbonyl (C=O) groups excluding carboxylic acids is 2. The van der Waals surface area contributed by atoms with E-state index >= 15 is 0 Å². The van der Waals surface area contributed by atoms with Gasteiger partial charge in [0.15, 0.2) is 0 Å². The van der Waals surface area contributed by atoms with Crippen molar-refractivity contribution in [2.24, 2.45) is 0 Å². The third-order valence-electron chi connectivity index (χ3n) is 7.24. The van der Waals surface area contributed by atoms with Gasteiger partial charge in [-0.2, -0.15) is 4.31 Å². The zero-order chi connectivity index (χ0) is 25.3. The van der Waals surface area contributed by atoms with Gasteiger partial charge in [0.25, 0.3) is 5.91 Å². The van der Waals surface area contributed by atoms with Crippen molar-refractivity contribution in [1.29, 1.82) is 0 Å². The summed E-state index contributed by atoms with van der Waals surface area (Å²) in [4.78, 5) is 28.1. The van der Waals surface area contributed by atoms with Crippen LogP contribution in [0.2, 0.25) is 0 Å². The number of methoxy groups -OCH3 is 1. The molecular formula is C28H30N2O5S. The fraction of sp³-hybridized carbons (Fsp3) is 0.357. The lowest BCUT2D eigenvalue weighted by atomic mass is 10.1. The Morgan fingerprint density at radius 3 is 2.19 bits per heavy atom. The van der Waals surface area contributed by atoms with Gasteiger partial charge in [0.1, 0.15) is 11.8 Å². The molecule has 1 heterocycles. The van der Waals surface area contributed by atoms with Crippen molar-refractivity contribution < 1.29 is 22.7 Å². The van der Waals surface area contributed by atoms with E-state index in [1.165, 1.54) is 4.31 Å². The summed E-state index contributed by atoms with van der Waals surface area (Å²) in [5, 5.41) is 1.75. The summed E-state index contributed by atoms with van der Waals surface area (Å²) in [6.07, 6.45) is 5.04. The van der Waals surface area contributed by atoms with Gasteiger partial charge in [-0.25, -0.2) is 13.3 Å². The van der Waals surface area contributed by atoms with Crippen molar-refractivity contribution in [2.75, 3.05) is 12.0 Å². The predicted octanol–water partition coefficient (Wildman–Crippen LogP) is 4.89. The van der Waals surface area contributed by atoms with Crippen LogP contribution in [0.15, 0.2) is 71.6 Å². The van der Waals surface area contributed by atoms with Gasteiger partial charge < -0.3 is 4.74 Å². The Morgan fingerprint density at radius 2 is 1.53 bits per heavy atom. The third-order valence-corrected chi connectivity index (χ3v) is 9.20. The van der Waals surface area contributed by atoms with Crippen LogP contribution in [0.1, 0.15) is 44.9 Å². The number of nitrogens with zero attached hydrogens (tertiary/aromatic N) is 2. The highest BCUT2D eigenvalue weighted by atomic mass is 32.2. The van der Waals surface area contributed by atoms with Gasteiger partial charge in [0, 0.05) is 6.04 Å². The molecule has 2 fully saturated rings. The topological polar surface area (TPSA) is 84.0 Å². The van der Waals surface area contributed by atoms with Gasteiger partial charge in [-0.1, -0.05) is 56.0 Å². The summed E-state index contributed by atoms with van der Waals surface area (Å²) in [5.41, 5.74) is 0.414. The maximum Gasteiger partial charge on any atom is 0.252 e. The number of anilines is 1. The molecule has 1 aliphatic heterocycles. The van der Waals surface area contributed by atoms with Gasteiger partial charge in [-0.15, -0.1) is 0 Å². The van der Waals surface area contributed by atoms with Crippen LogP contribution in [0, 0.1) is 0 Å². The Kier molecular flexibility index (Phi) is 6.81. The van der Waals surface area contributed by atoms with Gasteiger partial charge in [0.05, 0.1) is 24.1 Å². The van der Waals surface area contributed by atoms with Crippen LogP contribution in [-0.2, 0) is 19.6 Å². The molecule has 0 radical (unpaired) electrons. The number of fused-ring (bicyclic) bond motifs is 1.